The molecule has 0 aliphatic carbocycles. The van der Waals surface area contributed by atoms with Crippen molar-refractivity contribution in [3.63, 3.8) is 0 Å². The lowest BCUT2D eigenvalue weighted by Crippen LogP contribution is -1.86. The van der Waals surface area contributed by atoms with Crippen molar-refractivity contribution in [1.29, 1.82) is 0 Å². The minimum absolute atomic E-state index is 0.0561. The Morgan fingerprint density at radius 2 is 2.08 bits per heavy atom. The van der Waals surface area contributed by atoms with E-state index in [9.17, 15) is 0 Å². The molecule has 0 saturated carbocycles. The van der Waals surface area contributed by atoms with Crippen molar-refractivity contribution in [2.45, 2.75) is 6.42 Å². The summed E-state index contributed by atoms with van der Waals surface area (Å²) in [7, 11) is 0. The van der Waals surface area contributed by atoms with Crippen LogP contribution in [0.5, 0.6) is 0 Å². The lowest BCUT2D eigenvalue weighted by molar-refractivity contribution is 0.305. The van der Waals surface area contributed by atoms with E-state index in [1.807, 2.05) is 0 Å². The van der Waals surface area contributed by atoms with Gasteiger partial charge in [0, 0.05) is 6.42 Å². The Kier molecular flexibility index (Phi) is 3.52. The van der Waals surface area contributed by atoms with Crippen molar-refractivity contribution in [2.75, 3.05) is 6.61 Å². The predicted octanol–water partition coefficient (Wildman–Crippen LogP) is 0.864. The van der Waals surface area contributed by atoms with E-state index >= 15 is 0 Å². The van der Waals surface area contributed by atoms with Gasteiger partial charge in [-0.2, -0.15) is 0 Å². The summed E-state index contributed by atoms with van der Waals surface area (Å²) in [6.07, 6.45) is 3.40. The highest BCUT2D eigenvalue weighted by molar-refractivity contribution is 6.30. The molecule has 0 atom stereocenters. The molecule has 3 nitrogen and oxygen atoms in total. The summed E-state index contributed by atoms with van der Waals surface area (Å²) in [5, 5.41) is 8.91. The van der Waals surface area contributed by atoms with Crippen molar-refractivity contribution in [2.24, 2.45) is 0 Å². The van der Waals surface area contributed by atoms with E-state index in [1.54, 1.807) is 0 Å². The molecule has 1 heterocycles. The number of hydrogen-bond donors (Lipinski definition) is 1. The smallest absolute Gasteiger partial charge is 0.204 e. The minimum atomic E-state index is 0.0561. The number of aromatic nitrogens is 2. The molecule has 0 spiro atoms. The zero-order chi connectivity index (χ0) is 8.81. The summed E-state index contributed by atoms with van der Waals surface area (Å²) in [6, 6.07) is 0. The topological polar surface area (TPSA) is 46.0 Å². The van der Waals surface area contributed by atoms with E-state index in [0.29, 0.717) is 17.3 Å². The quantitative estimate of drug-likeness (QED) is 0.656. The van der Waals surface area contributed by atoms with Crippen molar-refractivity contribution < 1.29 is 5.11 Å². The fourth-order valence-electron chi connectivity index (χ4n) is 0.574. The Morgan fingerprint density at radius 1 is 1.42 bits per heavy atom. The molecule has 0 aliphatic rings. The first kappa shape index (κ1) is 8.98. The van der Waals surface area contributed by atoms with Crippen LogP contribution in [-0.4, -0.2) is 21.7 Å². The van der Waals surface area contributed by atoms with Gasteiger partial charge in [-0.1, -0.05) is 17.5 Å². The second-order valence-corrected chi connectivity index (χ2v) is 2.44. The Balaban J connectivity index is 2.66. The monoisotopic (exact) mass is 182 g/mol. The number of aliphatic hydroxyl groups is 1. The maximum Gasteiger partial charge on any atom is 0.204 e. The molecule has 0 bridgehead atoms. The zero-order valence-corrected chi connectivity index (χ0v) is 7.04. The zero-order valence-electron chi connectivity index (χ0n) is 6.29. The molecule has 0 fully saturated rings. The van der Waals surface area contributed by atoms with Crippen molar-refractivity contribution in [3.05, 3.63) is 23.2 Å². The van der Waals surface area contributed by atoms with Gasteiger partial charge in [-0.05, 0) is 5.92 Å². The predicted molar refractivity (Wildman–Crippen MR) is 45.6 cm³/mol. The van der Waals surface area contributed by atoms with Crippen molar-refractivity contribution >= 4 is 11.6 Å². The van der Waals surface area contributed by atoms with Crippen LogP contribution >= 0.6 is 11.6 Å². The van der Waals surface area contributed by atoms with E-state index < -0.39 is 0 Å². The normalized spacial score (nSPS) is 8.83. The Hall–Kier alpha value is -1.11. The molecule has 1 aromatic rings. The van der Waals surface area contributed by atoms with Crippen LogP contribution in [-0.2, 0) is 0 Å². The molecular weight excluding hydrogens is 176 g/mol. The number of rotatable bonds is 1. The van der Waals surface area contributed by atoms with Crippen molar-refractivity contribution in [1.82, 2.24) is 9.97 Å². The summed E-state index contributed by atoms with van der Waals surface area (Å²) < 4.78 is 0. The highest BCUT2D eigenvalue weighted by Crippen LogP contribution is 2.01. The molecule has 0 radical (unpaired) electrons. The molecule has 1 N–H and O–H groups in total. The first-order valence-corrected chi connectivity index (χ1v) is 3.78. The largest absolute Gasteiger partial charge is 0.395 e. The second-order valence-electron chi connectivity index (χ2n) is 2.00. The maximum atomic E-state index is 8.42. The average molecular weight is 183 g/mol. The Labute approximate surface area is 75.4 Å². The molecule has 4 heteroatoms. The third-order valence-corrected chi connectivity index (χ3v) is 1.25. The fourth-order valence-corrected chi connectivity index (χ4v) is 0.672. The maximum absolute atomic E-state index is 8.42. The van der Waals surface area contributed by atoms with Crippen LogP contribution in [0.4, 0.5) is 0 Å². The minimum Gasteiger partial charge on any atom is -0.395 e. The first-order valence-electron chi connectivity index (χ1n) is 3.40. The molecular formula is C8H7ClN2O. The van der Waals surface area contributed by atoms with Gasteiger partial charge in [-0.15, -0.1) is 0 Å². The summed E-state index contributed by atoms with van der Waals surface area (Å²) in [6.45, 7) is 0.0561. The number of nitrogens with zero attached hydrogens (tertiary/aromatic N) is 2. The van der Waals surface area contributed by atoms with Gasteiger partial charge in [0.15, 0.2) is 0 Å². The molecule has 0 unspecified atom stereocenters. The Morgan fingerprint density at radius 3 is 2.67 bits per heavy atom. The number of halogens is 1. The van der Waals surface area contributed by atoms with Crippen LogP contribution in [0, 0.1) is 11.8 Å². The van der Waals surface area contributed by atoms with Gasteiger partial charge in [-0.3, -0.25) is 0 Å². The van der Waals surface area contributed by atoms with Crippen LogP contribution in [0.25, 0.3) is 0 Å². The lowest BCUT2D eigenvalue weighted by Gasteiger charge is -1.87. The van der Waals surface area contributed by atoms with Gasteiger partial charge >= 0.3 is 0 Å². The van der Waals surface area contributed by atoms with Gasteiger partial charge in [0.25, 0.3) is 0 Å². The first-order chi connectivity index (χ1) is 5.83. The van der Waals surface area contributed by atoms with Gasteiger partial charge in [-0.25, -0.2) is 9.97 Å². The molecule has 0 amide bonds. The lowest BCUT2D eigenvalue weighted by atomic mass is 10.4. The summed E-state index contributed by atoms with van der Waals surface area (Å²) in [4.78, 5) is 7.70. The SMILES string of the molecule is OCCC#Cc1ncc(Cl)cn1. The third-order valence-electron chi connectivity index (χ3n) is 1.06. The summed E-state index contributed by atoms with van der Waals surface area (Å²) in [5.41, 5.74) is 0. The van der Waals surface area contributed by atoms with Crippen LogP contribution in [0.1, 0.15) is 12.2 Å². The van der Waals surface area contributed by atoms with E-state index in [4.69, 9.17) is 16.7 Å². The van der Waals surface area contributed by atoms with Crippen LogP contribution < -0.4 is 0 Å². The van der Waals surface area contributed by atoms with Crippen LogP contribution in [0.2, 0.25) is 5.02 Å². The van der Waals surface area contributed by atoms with E-state index in [0.717, 1.165) is 0 Å². The summed E-state index contributed by atoms with van der Waals surface area (Å²) in [5.74, 6) is 5.81. The molecule has 62 valence electrons. The number of aliphatic hydroxyl groups excluding tert-OH is 1. The molecule has 12 heavy (non-hydrogen) atoms. The highest BCUT2D eigenvalue weighted by atomic mass is 35.5. The summed E-state index contributed by atoms with van der Waals surface area (Å²) >= 11 is 5.56. The molecule has 0 aromatic carbocycles. The standard InChI is InChI=1S/C8H7ClN2O/c9-7-5-10-8(11-6-7)3-1-2-4-12/h5-6,12H,2,4H2. The van der Waals surface area contributed by atoms with E-state index in [1.165, 1.54) is 12.4 Å². The molecule has 0 saturated heterocycles. The van der Waals surface area contributed by atoms with Gasteiger partial charge in [0.2, 0.25) is 5.82 Å². The average Bonchev–Trinajstić information content (AvgIpc) is 2.09. The van der Waals surface area contributed by atoms with Gasteiger partial charge in [0.1, 0.15) is 0 Å². The molecule has 1 rings (SSSR count). The third kappa shape index (κ3) is 2.87. The van der Waals surface area contributed by atoms with E-state index in [2.05, 4.69) is 21.8 Å². The fraction of sp³-hybridized carbons (Fsp3) is 0.250. The number of hydrogen-bond acceptors (Lipinski definition) is 3. The van der Waals surface area contributed by atoms with Crippen LogP contribution in [0.3, 0.4) is 0 Å². The highest BCUT2D eigenvalue weighted by Gasteiger charge is 1.89. The van der Waals surface area contributed by atoms with E-state index in [-0.39, 0.29) is 6.61 Å². The van der Waals surface area contributed by atoms with Gasteiger partial charge < -0.3 is 5.11 Å². The Bertz CT molecular complexity index is 299. The second kappa shape index (κ2) is 4.70. The van der Waals surface area contributed by atoms with Gasteiger partial charge in [0.05, 0.1) is 24.0 Å². The van der Waals surface area contributed by atoms with Crippen molar-refractivity contribution in [3.8, 4) is 11.8 Å². The van der Waals surface area contributed by atoms with Crippen LogP contribution in [0.15, 0.2) is 12.4 Å². The molecule has 0 aliphatic heterocycles. The molecule has 1 aromatic heterocycles.